The van der Waals surface area contributed by atoms with Crippen LogP contribution in [-0.4, -0.2) is 45.3 Å². The number of rotatable bonds is 7. The third kappa shape index (κ3) is 4.44. The maximum absolute atomic E-state index is 12.5. The van der Waals surface area contributed by atoms with Crippen LogP contribution in [0.2, 0.25) is 5.02 Å². The van der Waals surface area contributed by atoms with Crippen molar-refractivity contribution in [2.24, 2.45) is 0 Å². The third-order valence-electron chi connectivity index (χ3n) is 4.78. The van der Waals surface area contributed by atoms with Gasteiger partial charge in [-0.2, -0.15) is 0 Å². The Kier molecular flexibility index (Phi) is 5.97. The zero-order valence-corrected chi connectivity index (χ0v) is 17.6. The molecule has 2 aromatic rings. The first-order valence-electron chi connectivity index (χ1n) is 8.91. The van der Waals surface area contributed by atoms with Crippen LogP contribution in [0.25, 0.3) is 0 Å². The molecule has 0 spiro atoms. The van der Waals surface area contributed by atoms with Gasteiger partial charge in [0.25, 0.3) is 5.91 Å². The predicted octanol–water partition coefficient (Wildman–Crippen LogP) is 2.80. The summed E-state index contributed by atoms with van der Waals surface area (Å²) in [5, 5.41) is 2.57. The van der Waals surface area contributed by atoms with E-state index in [1.165, 1.54) is 32.3 Å². The molecule has 2 aromatic carbocycles. The van der Waals surface area contributed by atoms with Gasteiger partial charge in [0.05, 0.1) is 10.4 Å². The lowest BCUT2D eigenvalue weighted by atomic mass is 9.96. The minimum Gasteiger partial charge on any atom is -0.455 e. The second-order valence-electron chi connectivity index (χ2n) is 7.01. The Balaban J connectivity index is 1.64. The monoisotopic (exact) mass is 436 g/mol. The molecule has 0 aromatic heterocycles. The minimum absolute atomic E-state index is 0.0432. The Morgan fingerprint density at radius 3 is 2.38 bits per heavy atom. The molecule has 7 nitrogen and oxygen atoms in total. The van der Waals surface area contributed by atoms with Crippen LogP contribution in [0.3, 0.4) is 0 Å². The number of carbonyl (C=O) groups is 2. The minimum atomic E-state index is -3.77. The molecule has 0 atom stereocenters. The molecule has 9 heteroatoms. The Labute approximate surface area is 174 Å². The number of hydrogen-bond donors (Lipinski definition) is 1. The molecule has 3 rings (SSSR count). The number of benzene rings is 2. The van der Waals surface area contributed by atoms with Crippen molar-refractivity contribution in [3.8, 4) is 0 Å². The van der Waals surface area contributed by atoms with Crippen molar-refractivity contribution in [3.05, 3.63) is 59.1 Å². The zero-order chi connectivity index (χ0) is 21.2. The highest BCUT2D eigenvalue weighted by Crippen LogP contribution is 2.49. The summed E-state index contributed by atoms with van der Waals surface area (Å²) in [4.78, 5) is 24.6. The summed E-state index contributed by atoms with van der Waals surface area (Å²) in [6.45, 7) is -0.466. The van der Waals surface area contributed by atoms with Crippen molar-refractivity contribution in [2.75, 3.05) is 26.0 Å². The van der Waals surface area contributed by atoms with E-state index in [1.54, 1.807) is 0 Å². The molecule has 0 heterocycles. The van der Waals surface area contributed by atoms with Crippen molar-refractivity contribution in [1.82, 2.24) is 4.31 Å². The van der Waals surface area contributed by atoms with Crippen LogP contribution < -0.4 is 5.32 Å². The molecule has 1 aliphatic rings. The topological polar surface area (TPSA) is 92.8 Å². The molecule has 1 amide bonds. The molecule has 1 N–H and O–H groups in total. The van der Waals surface area contributed by atoms with Crippen molar-refractivity contribution in [1.29, 1.82) is 0 Å². The average Bonchev–Trinajstić information content (AvgIpc) is 3.50. The van der Waals surface area contributed by atoms with Gasteiger partial charge in [-0.25, -0.2) is 12.7 Å². The van der Waals surface area contributed by atoms with E-state index in [9.17, 15) is 18.0 Å². The standard InChI is InChI=1S/C20H21ClN2O5S/c1-23(2)29(26,27)17-12-15(8-9-16(17)21)22-18(24)13-28-19(25)20(10-11-20)14-6-4-3-5-7-14/h3-9,12H,10-11,13H2,1-2H3,(H,22,24). The third-order valence-corrected chi connectivity index (χ3v) is 7.07. The molecular weight excluding hydrogens is 416 g/mol. The lowest BCUT2D eigenvalue weighted by molar-refractivity contribution is -0.150. The lowest BCUT2D eigenvalue weighted by Crippen LogP contribution is -2.28. The van der Waals surface area contributed by atoms with Gasteiger partial charge in [0.1, 0.15) is 4.90 Å². The van der Waals surface area contributed by atoms with Gasteiger partial charge >= 0.3 is 5.97 Å². The van der Waals surface area contributed by atoms with E-state index in [0.717, 1.165) is 9.87 Å². The molecule has 0 saturated heterocycles. The zero-order valence-electron chi connectivity index (χ0n) is 16.0. The summed E-state index contributed by atoms with van der Waals surface area (Å²) in [5.74, 6) is -1.01. The van der Waals surface area contributed by atoms with Gasteiger partial charge in [-0.3, -0.25) is 9.59 Å². The fourth-order valence-corrected chi connectivity index (χ4v) is 4.33. The molecule has 0 radical (unpaired) electrons. The summed E-state index contributed by atoms with van der Waals surface area (Å²) >= 11 is 5.99. The second kappa shape index (κ2) is 8.14. The number of amides is 1. The fourth-order valence-electron chi connectivity index (χ4n) is 2.93. The van der Waals surface area contributed by atoms with E-state index in [4.69, 9.17) is 16.3 Å². The average molecular weight is 437 g/mol. The van der Waals surface area contributed by atoms with Gasteiger partial charge in [-0.15, -0.1) is 0 Å². The Morgan fingerprint density at radius 2 is 1.79 bits per heavy atom. The summed E-state index contributed by atoms with van der Waals surface area (Å²) in [7, 11) is -0.997. The van der Waals surface area contributed by atoms with Crippen LogP contribution >= 0.6 is 11.6 Å². The van der Waals surface area contributed by atoms with Crippen molar-refractivity contribution in [3.63, 3.8) is 0 Å². The number of hydrogen-bond acceptors (Lipinski definition) is 5. The number of halogens is 1. The van der Waals surface area contributed by atoms with E-state index in [1.807, 2.05) is 30.3 Å². The summed E-state index contributed by atoms with van der Waals surface area (Å²) in [6.07, 6.45) is 1.36. The molecular formula is C20H21ClN2O5S. The van der Waals surface area contributed by atoms with Gasteiger partial charge in [0.2, 0.25) is 10.0 Å². The molecule has 0 aliphatic heterocycles. The number of esters is 1. The van der Waals surface area contributed by atoms with Gasteiger partial charge in [-0.1, -0.05) is 41.9 Å². The van der Waals surface area contributed by atoms with Crippen LogP contribution in [0.5, 0.6) is 0 Å². The molecule has 0 bridgehead atoms. The van der Waals surface area contributed by atoms with Crippen LogP contribution in [0.1, 0.15) is 18.4 Å². The number of anilines is 1. The first kappa shape index (κ1) is 21.3. The van der Waals surface area contributed by atoms with Crippen LogP contribution in [0.4, 0.5) is 5.69 Å². The summed E-state index contributed by atoms with van der Waals surface area (Å²) < 4.78 is 30.9. The van der Waals surface area contributed by atoms with E-state index in [0.29, 0.717) is 12.8 Å². The van der Waals surface area contributed by atoms with E-state index >= 15 is 0 Å². The number of nitrogens with zero attached hydrogens (tertiary/aromatic N) is 1. The molecule has 1 aliphatic carbocycles. The van der Waals surface area contributed by atoms with Gasteiger partial charge in [0, 0.05) is 19.8 Å². The number of ether oxygens (including phenoxy) is 1. The quantitative estimate of drug-likeness (QED) is 0.673. The molecule has 1 saturated carbocycles. The van der Waals surface area contributed by atoms with E-state index in [2.05, 4.69) is 5.32 Å². The number of sulfonamides is 1. The fraction of sp³-hybridized carbons (Fsp3) is 0.300. The van der Waals surface area contributed by atoms with Gasteiger partial charge < -0.3 is 10.1 Å². The first-order chi connectivity index (χ1) is 13.7. The van der Waals surface area contributed by atoms with Crippen LogP contribution in [0.15, 0.2) is 53.4 Å². The number of nitrogens with one attached hydrogen (secondary N) is 1. The highest BCUT2D eigenvalue weighted by molar-refractivity contribution is 7.89. The SMILES string of the molecule is CN(C)S(=O)(=O)c1cc(NC(=O)COC(=O)C2(c3ccccc3)CC2)ccc1Cl. The largest absolute Gasteiger partial charge is 0.455 e. The number of carbonyl (C=O) groups excluding carboxylic acids is 2. The van der Waals surface area contributed by atoms with E-state index < -0.39 is 33.9 Å². The smallest absolute Gasteiger partial charge is 0.317 e. The molecule has 154 valence electrons. The summed E-state index contributed by atoms with van der Waals surface area (Å²) in [6, 6.07) is 13.4. The lowest BCUT2D eigenvalue weighted by Gasteiger charge is -2.16. The molecule has 0 unspecified atom stereocenters. The Hall–Kier alpha value is -2.42. The van der Waals surface area contributed by atoms with Crippen molar-refractivity contribution < 1.29 is 22.7 Å². The highest BCUT2D eigenvalue weighted by Gasteiger charge is 2.52. The van der Waals surface area contributed by atoms with E-state index in [-0.39, 0.29) is 15.6 Å². The summed E-state index contributed by atoms with van der Waals surface area (Å²) in [5.41, 5.74) is 0.441. The highest BCUT2D eigenvalue weighted by atomic mass is 35.5. The van der Waals surface area contributed by atoms with Crippen LogP contribution in [-0.2, 0) is 29.8 Å². The predicted molar refractivity (Wildman–Crippen MR) is 109 cm³/mol. The Morgan fingerprint density at radius 1 is 1.14 bits per heavy atom. The van der Waals surface area contributed by atoms with Crippen LogP contribution in [0, 0.1) is 0 Å². The molecule has 1 fully saturated rings. The van der Waals surface area contributed by atoms with Crippen molar-refractivity contribution in [2.45, 2.75) is 23.2 Å². The second-order valence-corrected chi connectivity index (χ2v) is 9.53. The van der Waals surface area contributed by atoms with Gasteiger partial charge in [-0.05, 0) is 36.6 Å². The normalized spacial score (nSPS) is 15.0. The Bertz CT molecular complexity index is 1030. The first-order valence-corrected chi connectivity index (χ1v) is 10.7. The molecule has 29 heavy (non-hydrogen) atoms. The van der Waals surface area contributed by atoms with Gasteiger partial charge in [0.15, 0.2) is 6.61 Å². The maximum Gasteiger partial charge on any atom is 0.317 e. The maximum atomic E-state index is 12.5. The van der Waals surface area contributed by atoms with Crippen molar-refractivity contribution >= 4 is 39.2 Å².